The molecule has 0 aromatic rings. The topological polar surface area (TPSA) is 78.9 Å². The summed E-state index contributed by atoms with van der Waals surface area (Å²) in [4.78, 5) is 37.9. The summed E-state index contributed by atoms with van der Waals surface area (Å²) in [5.74, 6) is -0.981. The fourth-order valence-electron chi connectivity index (χ4n) is 6.48. The van der Waals surface area contributed by atoms with Gasteiger partial charge >= 0.3 is 17.9 Å². The van der Waals surface area contributed by atoms with Crippen molar-refractivity contribution in [2.24, 2.45) is 0 Å². The third kappa shape index (κ3) is 47.4. The number of carbonyl (C=O) groups is 3. The molecule has 0 fully saturated rings. The van der Waals surface area contributed by atoms with Gasteiger partial charge in [-0.1, -0.05) is 182 Å². The molecular weight excluding hydrogens is 769 g/mol. The first-order valence-corrected chi connectivity index (χ1v) is 25.2. The monoisotopic (exact) mass is 861 g/mol. The molecule has 1 atom stereocenters. The van der Waals surface area contributed by atoms with E-state index in [-0.39, 0.29) is 37.5 Å². The molecule has 0 saturated carbocycles. The summed E-state index contributed by atoms with van der Waals surface area (Å²) >= 11 is 0. The van der Waals surface area contributed by atoms with E-state index in [1.807, 2.05) is 0 Å². The first-order valence-electron chi connectivity index (χ1n) is 25.2. The second kappa shape index (κ2) is 50.0. The molecule has 6 heteroatoms. The summed E-state index contributed by atoms with van der Waals surface area (Å²) in [6, 6.07) is 0. The minimum atomic E-state index is -0.811. The van der Waals surface area contributed by atoms with Crippen LogP contribution in [0.2, 0.25) is 0 Å². The second-order valence-corrected chi connectivity index (χ2v) is 16.3. The Kier molecular flexibility index (Phi) is 47.0. The Bertz CT molecular complexity index is 1260. The zero-order chi connectivity index (χ0) is 45.1. The molecule has 0 radical (unpaired) electrons. The van der Waals surface area contributed by atoms with Crippen molar-refractivity contribution < 1.29 is 28.6 Å². The average molecular weight is 861 g/mol. The van der Waals surface area contributed by atoms with Crippen LogP contribution in [0.3, 0.4) is 0 Å². The van der Waals surface area contributed by atoms with Crippen LogP contribution in [0.4, 0.5) is 0 Å². The van der Waals surface area contributed by atoms with Crippen LogP contribution in [0.15, 0.2) is 97.2 Å². The molecule has 0 rings (SSSR count). The van der Waals surface area contributed by atoms with Gasteiger partial charge in [0, 0.05) is 19.3 Å². The summed E-state index contributed by atoms with van der Waals surface area (Å²) < 4.78 is 16.7. The van der Waals surface area contributed by atoms with E-state index in [4.69, 9.17) is 14.2 Å². The molecule has 0 aromatic carbocycles. The van der Waals surface area contributed by atoms with Gasteiger partial charge in [0.15, 0.2) is 6.10 Å². The van der Waals surface area contributed by atoms with Crippen LogP contribution in [0.25, 0.3) is 0 Å². The van der Waals surface area contributed by atoms with Gasteiger partial charge in [-0.25, -0.2) is 0 Å². The highest BCUT2D eigenvalue weighted by Crippen LogP contribution is 2.12. The van der Waals surface area contributed by atoms with Crippen molar-refractivity contribution in [1.29, 1.82) is 0 Å². The van der Waals surface area contributed by atoms with Gasteiger partial charge in [0.25, 0.3) is 0 Å². The first-order chi connectivity index (χ1) is 30.5. The Morgan fingerprint density at radius 2 is 0.645 bits per heavy atom. The maximum absolute atomic E-state index is 12.8. The zero-order valence-corrected chi connectivity index (χ0v) is 40.1. The number of allylic oxidation sites excluding steroid dienone is 16. The summed E-state index contributed by atoms with van der Waals surface area (Å²) in [5, 5.41) is 0. The van der Waals surface area contributed by atoms with Gasteiger partial charge < -0.3 is 14.2 Å². The third-order valence-electron chi connectivity index (χ3n) is 10.3. The van der Waals surface area contributed by atoms with Gasteiger partial charge in [-0.3, -0.25) is 14.4 Å². The van der Waals surface area contributed by atoms with Crippen molar-refractivity contribution in [3.63, 3.8) is 0 Å². The molecule has 0 aliphatic rings. The highest BCUT2D eigenvalue weighted by Gasteiger charge is 2.19. The standard InChI is InChI=1S/C56H92O6/c1-4-7-10-13-16-19-22-25-28-31-34-37-40-43-46-49-55(58)61-52-53(51-60-54(57)48-45-42-39-36-33-30-27-24-21-18-15-12-9-6-3)62-56(59)50-47-44-41-38-35-32-29-26-23-20-17-14-11-8-5-2/h7,10,15-20,24-29,35,38,53H,4-6,8-9,11-14,21-23,30-34,36-37,39-52H2,1-3H3/b10-7-,18-15-,19-16-,20-17-,27-24-,28-25-,29-26-,38-35-/t53-/m1/s1. The SMILES string of the molecule is CC/C=C\C/C=C\C/C=C\CCCCCCCC(=O)OC[C@@H](COC(=O)CCCCCCC/C=C\C/C=C\CCCC)OC(=O)CCCC/C=C\C/C=C\C/C=C\CCCCC. The first kappa shape index (κ1) is 58.3. The van der Waals surface area contributed by atoms with Crippen molar-refractivity contribution >= 4 is 17.9 Å². The lowest BCUT2D eigenvalue weighted by Crippen LogP contribution is -2.30. The Morgan fingerprint density at radius 3 is 1.06 bits per heavy atom. The number of hydrogen-bond acceptors (Lipinski definition) is 6. The largest absolute Gasteiger partial charge is 0.462 e. The smallest absolute Gasteiger partial charge is 0.306 e. The van der Waals surface area contributed by atoms with Gasteiger partial charge in [0.1, 0.15) is 13.2 Å². The maximum Gasteiger partial charge on any atom is 0.306 e. The number of esters is 3. The van der Waals surface area contributed by atoms with Crippen LogP contribution < -0.4 is 0 Å². The number of ether oxygens (including phenoxy) is 3. The molecule has 0 amide bonds. The van der Waals surface area contributed by atoms with E-state index < -0.39 is 6.10 Å². The number of carbonyl (C=O) groups excluding carboxylic acids is 3. The highest BCUT2D eigenvalue weighted by atomic mass is 16.6. The van der Waals surface area contributed by atoms with Crippen LogP contribution >= 0.6 is 0 Å². The van der Waals surface area contributed by atoms with Crippen molar-refractivity contribution in [2.45, 2.75) is 226 Å². The van der Waals surface area contributed by atoms with E-state index in [1.54, 1.807) is 0 Å². The molecule has 0 heterocycles. The zero-order valence-electron chi connectivity index (χ0n) is 40.1. The van der Waals surface area contributed by atoms with E-state index >= 15 is 0 Å². The lowest BCUT2D eigenvalue weighted by molar-refractivity contribution is -0.167. The fourth-order valence-corrected chi connectivity index (χ4v) is 6.48. The van der Waals surface area contributed by atoms with Crippen molar-refractivity contribution in [3.8, 4) is 0 Å². The van der Waals surface area contributed by atoms with E-state index in [1.165, 1.54) is 44.9 Å². The summed E-state index contributed by atoms with van der Waals surface area (Å²) in [6.45, 7) is 6.38. The quantitative estimate of drug-likeness (QED) is 0.0263. The number of rotatable bonds is 44. The molecular formula is C56H92O6. The van der Waals surface area contributed by atoms with Crippen LogP contribution in [0.1, 0.15) is 220 Å². The molecule has 0 aliphatic carbocycles. The van der Waals surface area contributed by atoms with E-state index in [9.17, 15) is 14.4 Å². The molecule has 0 unspecified atom stereocenters. The molecule has 0 spiro atoms. The second-order valence-electron chi connectivity index (χ2n) is 16.3. The minimum absolute atomic E-state index is 0.107. The predicted octanol–water partition coefficient (Wildman–Crippen LogP) is 16.6. The van der Waals surface area contributed by atoms with Gasteiger partial charge in [0.05, 0.1) is 0 Å². The fraction of sp³-hybridized carbons (Fsp3) is 0.661. The molecule has 0 aliphatic heterocycles. The number of unbranched alkanes of at least 4 members (excludes halogenated alkanes) is 17. The minimum Gasteiger partial charge on any atom is -0.462 e. The van der Waals surface area contributed by atoms with Crippen LogP contribution in [-0.4, -0.2) is 37.2 Å². The molecule has 352 valence electrons. The summed E-state index contributed by atoms with van der Waals surface area (Å²) in [5.41, 5.74) is 0. The van der Waals surface area contributed by atoms with Crippen molar-refractivity contribution in [2.75, 3.05) is 13.2 Å². The van der Waals surface area contributed by atoms with E-state index in [0.717, 1.165) is 128 Å². The lowest BCUT2D eigenvalue weighted by atomic mass is 10.1. The van der Waals surface area contributed by atoms with Gasteiger partial charge in [-0.15, -0.1) is 0 Å². The Morgan fingerprint density at radius 1 is 0.339 bits per heavy atom. The molecule has 0 saturated heterocycles. The Labute approximate surface area is 381 Å². The Hall–Kier alpha value is -3.67. The predicted molar refractivity (Wildman–Crippen MR) is 265 cm³/mol. The number of hydrogen-bond donors (Lipinski definition) is 0. The third-order valence-corrected chi connectivity index (χ3v) is 10.3. The molecule has 0 N–H and O–H groups in total. The van der Waals surface area contributed by atoms with Crippen LogP contribution in [-0.2, 0) is 28.6 Å². The molecule has 0 bridgehead atoms. The van der Waals surface area contributed by atoms with Gasteiger partial charge in [-0.2, -0.15) is 0 Å². The van der Waals surface area contributed by atoms with Gasteiger partial charge in [-0.05, 0) is 116 Å². The lowest BCUT2D eigenvalue weighted by Gasteiger charge is -2.18. The van der Waals surface area contributed by atoms with Crippen LogP contribution in [0, 0.1) is 0 Å². The van der Waals surface area contributed by atoms with Crippen molar-refractivity contribution in [3.05, 3.63) is 97.2 Å². The Balaban J connectivity index is 4.52. The molecule has 6 nitrogen and oxygen atoms in total. The summed E-state index contributed by atoms with van der Waals surface area (Å²) in [6.07, 6.45) is 65.3. The molecule has 0 aromatic heterocycles. The summed E-state index contributed by atoms with van der Waals surface area (Å²) in [7, 11) is 0. The molecule has 62 heavy (non-hydrogen) atoms. The van der Waals surface area contributed by atoms with E-state index in [0.29, 0.717) is 19.3 Å². The van der Waals surface area contributed by atoms with Crippen molar-refractivity contribution in [1.82, 2.24) is 0 Å². The average Bonchev–Trinajstić information content (AvgIpc) is 3.27. The maximum atomic E-state index is 12.8. The highest BCUT2D eigenvalue weighted by molar-refractivity contribution is 5.71. The van der Waals surface area contributed by atoms with E-state index in [2.05, 4.69) is 118 Å². The normalized spacial score (nSPS) is 12.9. The van der Waals surface area contributed by atoms with Crippen LogP contribution in [0.5, 0.6) is 0 Å². The van der Waals surface area contributed by atoms with Gasteiger partial charge in [0.2, 0.25) is 0 Å².